The number of sulfonamides is 1. The molecule has 0 aliphatic rings. The number of ketones is 1. The number of nitrogens with zero attached hydrogens (tertiary/aromatic N) is 1. The molecule has 0 bridgehead atoms. The Labute approximate surface area is 153 Å². The molecular formula is C19H22N2O4S. The van der Waals surface area contributed by atoms with Gasteiger partial charge in [-0.2, -0.15) is 0 Å². The molecule has 0 unspecified atom stereocenters. The van der Waals surface area contributed by atoms with Crippen LogP contribution in [0.5, 0.6) is 0 Å². The van der Waals surface area contributed by atoms with Crippen molar-refractivity contribution in [2.24, 2.45) is 0 Å². The minimum absolute atomic E-state index is 0.119. The topological polar surface area (TPSA) is 83.6 Å². The summed E-state index contributed by atoms with van der Waals surface area (Å²) < 4.78 is 25.7. The van der Waals surface area contributed by atoms with E-state index in [9.17, 15) is 18.0 Å². The average Bonchev–Trinajstić information content (AvgIpc) is 2.53. The summed E-state index contributed by atoms with van der Waals surface area (Å²) in [4.78, 5) is 24.1. The quantitative estimate of drug-likeness (QED) is 0.788. The van der Waals surface area contributed by atoms with Gasteiger partial charge in [0.05, 0.1) is 11.9 Å². The minimum Gasteiger partial charge on any atom is -0.324 e. The van der Waals surface area contributed by atoms with Gasteiger partial charge in [0.1, 0.15) is 6.04 Å². The first-order valence-corrected chi connectivity index (χ1v) is 9.92. The number of anilines is 2. The molecule has 1 N–H and O–H groups in total. The lowest BCUT2D eigenvalue weighted by atomic mass is 10.1. The molecule has 0 aliphatic heterocycles. The predicted octanol–water partition coefficient (Wildman–Crippen LogP) is 2.99. The fourth-order valence-electron chi connectivity index (χ4n) is 2.64. The smallest absolute Gasteiger partial charge is 0.247 e. The molecule has 0 fully saturated rings. The summed E-state index contributed by atoms with van der Waals surface area (Å²) in [5, 5.41) is 2.68. The van der Waals surface area contributed by atoms with Gasteiger partial charge in [-0.05, 0) is 50.6 Å². The van der Waals surface area contributed by atoms with Crippen molar-refractivity contribution >= 4 is 33.1 Å². The number of amides is 1. The van der Waals surface area contributed by atoms with Crippen molar-refractivity contribution in [3.05, 3.63) is 59.7 Å². The van der Waals surface area contributed by atoms with Gasteiger partial charge in [-0.25, -0.2) is 8.42 Å². The molecule has 7 heteroatoms. The van der Waals surface area contributed by atoms with Crippen molar-refractivity contribution < 1.29 is 18.0 Å². The van der Waals surface area contributed by atoms with Crippen molar-refractivity contribution in [2.75, 3.05) is 15.9 Å². The monoisotopic (exact) mass is 374 g/mol. The number of carbonyl (C=O) groups excluding carboxylic acids is 2. The average molecular weight is 374 g/mol. The maximum absolute atomic E-state index is 12.6. The van der Waals surface area contributed by atoms with Crippen LogP contribution in [0, 0.1) is 6.92 Å². The van der Waals surface area contributed by atoms with Crippen LogP contribution in [0.3, 0.4) is 0 Å². The van der Waals surface area contributed by atoms with Crippen molar-refractivity contribution in [3.8, 4) is 0 Å². The zero-order valence-electron chi connectivity index (χ0n) is 15.2. The standard InChI is InChI=1S/C19H22N2O4S/c1-13-7-5-10-18(11-13)21(26(4,24)25)14(2)19(23)20-17-9-6-8-16(12-17)15(3)22/h5-12,14H,1-4H3,(H,20,23)/t14-/m0/s1. The molecule has 26 heavy (non-hydrogen) atoms. The van der Waals surface area contributed by atoms with Crippen LogP contribution in [-0.2, 0) is 14.8 Å². The molecule has 0 heterocycles. The molecule has 0 saturated carbocycles. The molecule has 6 nitrogen and oxygen atoms in total. The highest BCUT2D eigenvalue weighted by molar-refractivity contribution is 7.92. The van der Waals surface area contributed by atoms with Crippen LogP contribution in [-0.4, -0.2) is 32.4 Å². The molecule has 2 aromatic rings. The van der Waals surface area contributed by atoms with Crippen LogP contribution in [0.15, 0.2) is 48.5 Å². The highest BCUT2D eigenvalue weighted by Gasteiger charge is 2.29. The van der Waals surface area contributed by atoms with Gasteiger partial charge in [0.25, 0.3) is 0 Å². The van der Waals surface area contributed by atoms with Gasteiger partial charge in [0.2, 0.25) is 15.9 Å². The first-order chi connectivity index (χ1) is 12.1. The summed E-state index contributed by atoms with van der Waals surface area (Å²) in [5.74, 6) is -0.607. The zero-order chi connectivity index (χ0) is 19.5. The Balaban J connectivity index is 2.31. The molecule has 2 aromatic carbocycles. The second kappa shape index (κ2) is 7.70. The first-order valence-electron chi connectivity index (χ1n) is 8.07. The van der Waals surface area contributed by atoms with Gasteiger partial charge in [-0.3, -0.25) is 13.9 Å². The third-order valence-corrected chi connectivity index (χ3v) is 5.12. The number of rotatable bonds is 6. The Kier molecular flexibility index (Phi) is 5.82. The number of nitrogens with one attached hydrogen (secondary N) is 1. The van der Waals surface area contributed by atoms with Crippen molar-refractivity contribution in [1.82, 2.24) is 0 Å². The van der Waals surface area contributed by atoms with Crippen LogP contribution in [0.1, 0.15) is 29.8 Å². The Morgan fingerprint density at radius 2 is 1.73 bits per heavy atom. The fraction of sp³-hybridized carbons (Fsp3) is 0.263. The number of aryl methyl sites for hydroxylation is 1. The van der Waals surface area contributed by atoms with E-state index < -0.39 is 22.0 Å². The zero-order valence-corrected chi connectivity index (χ0v) is 16.0. The van der Waals surface area contributed by atoms with Gasteiger partial charge in [-0.1, -0.05) is 24.3 Å². The maximum atomic E-state index is 12.6. The number of Topliss-reactive ketones (excluding diaryl/α,β-unsaturated/α-hetero) is 1. The highest BCUT2D eigenvalue weighted by Crippen LogP contribution is 2.23. The second-order valence-corrected chi connectivity index (χ2v) is 8.06. The molecule has 1 atom stereocenters. The summed E-state index contributed by atoms with van der Waals surface area (Å²) in [6.07, 6.45) is 1.06. The molecule has 0 aliphatic carbocycles. The van der Waals surface area contributed by atoms with Gasteiger partial charge < -0.3 is 5.32 Å². The highest BCUT2D eigenvalue weighted by atomic mass is 32.2. The summed E-state index contributed by atoms with van der Waals surface area (Å²) >= 11 is 0. The summed E-state index contributed by atoms with van der Waals surface area (Å²) in [6.45, 7) is 4.81. The largest absolute Gasteiger partial charge is 0.324 e. The lowest BCUT2D eigenvalue weighted by Crippen LogP contribution is -2.45. The Morgan fingerprint density at radius 3 is 2.31 bits per heavy atom. The number of hydrogen-bond donors (Lipinski definition) is 1. The number of carbonyl (C=O) groups is 2. The summed E-state index contributed by atoms with van der Waals surface area (Å²) in [7, 11) is -3.67. The Hall–Kier alpha value is -2.67. The minimum atomic E-state index is -3.67. The number of benzene rings is 2. The summed E-state index contributed by atoms with van der Waals surface area (Å²) in [6, 6.07) is 12.5. The lowest BCUT2D eigenvalue weighted by Gasteiger charge is -2.28. The van der Waals surface area contributed by atoms with Crippen LogP contribution >= 0.6 is 0 Å². The Bertz CT molecular complexity index is 938. The van der Waals surface area contributed by atoms with E-state index in [2.05, 4.69) is 5.32 Å². The normalized spacial score (nSPS) is 12.3. The van der Waals surface area contributed by atoms with Crippen LogP contribution in [0.4, 0.5) is 11.4 Å². The fourth-order valence-corrected chi connectivity index (χ4v) is 3.80. The van der Waals surface area contributed by atoms with Gasteiger partial charge in [0, 0.05) is 11.3 Å². The van der Waals surface area contributed by atoms with Crippen LogP contribution < -0.4 is 9.62 Å². The third kappa shape index (κ3) is 4.70. The van der Waals surface area contributed by atoms with Crippen LogP contribution in [0.2, 0.25) is 0 Å². The van der Waals surface area contributed by atoms with Gasteiger partial charge in [0.15, 0.2) is 5.78 Å². The van der Waals surface area contributed by atoms with E-state index in [1.807, 2.05) is 13.0 Å². The lowest BCUT2D eigenvalue weighted by molar-refractivity contribution is -0.116. The van der Waals surface area contributed by atoms with Crippen molar-refractivity contribution in [3.63, 3.8) is 0 Å². The molecule has 0 saturated heterocycles. The summed E-state index contributed by atoms with van der Waals surface area (Å²) in [5.41, 5.74) is 2.21. The van der Waals surface area contributed by atoms with Gasteiger partial charge >= 0.3 is 0 Å². The van der Waals surface area contributed by atoms with E-state index in [1.54, 1.807) is 42.5 Å². The predicted molar refractivity (Wildman–Crippen MR) is 103 cm³/mol. The number of hydrogen-bond acceptors (Lipinski definition) is 4. The van der Waals surface area contributed by atoms with E-state index >= 15 is 0 Å². The van der Waals surface area contributed by atoms with E-state index in [-0.39, 0.29) is 5.78 Å². The molecule has 138 valence electrons. The SMILES string of the molecule is CC(=O)c1cccc(NC(=O)[C@H](C)N(c2cccc(C)c2)S(C)(=O)=O)c1. The van der Waals surface area contributed by atoms with E-state index in [1.165, 1.54) is 13.8 Å². The van der Waals surface area contributed by atoms with E-state index in [4.69, 9.17) is 0 Å². The second-order valence-electron chi connectivity index (χ2n) is 6.20. The van der Waals surface area contributed by atoms with Crippen molar-refractivity contribution in [2.45, 2.75) is 26.8 Å². The van der Waals surface area contributed by atoms with E-state index in [0.717, 1.165) is 16.1 Å². The maximum Gasteiger partial charge on any atom is 0.247 e. The molecule has 2 rings (SSSR count). The molecule has 1 amide bonds. The van der Waals surface area contributed by atoms with Crippen molar-refractivity contribution in [1.29, 1.82) is 0 Å². The first kappa shape index (κ1) is 19.7. The van der Waals surface area contributed by atoms with Gasteiger partial charge in [-0.15, -0.1) is 0 Å². The van der Waals surface area contributed by atoms with E-state index in [0.29, 0.717) is 16.9 Å². The van der Waals surface area contributed by atoms with Crippen LogP contribution in [0.25, 0.3) is 0 Å². The molecule has 0 aromatic heterocycles. The third-order valence-electron chi connectivity index (χ3n) is 3.88. The Morgan fingerprint density at radius 1 is 1.08 bits per heavy atom. The molecular weight excluding hydrogens is 352 g/mol. The molecule has 0 radical (unpaired) electrons. The molecule has 0 spiro atoms.